The quantitative estimate of drug-likeness (QED) is 0.752. The number of nitrogens with two attached hydrogens (primary N) is 1. The molecule has 0 aliphatic rings. The largest absolute Gasteiger partial charge is 0.350 e. The van der Waals surface area contributed by atoms with Crippen molar-refractivity contribution >= 4 is 29.9 Å². The van der Waals surface area contributed by atoms with Gasteiger partial charge in [-0.15, -0.1) is 12.4 Å². The maximum Gasteiger partial charge on any atom is 0.240 e. The molecule has 0 fully saturated rings. The summed E-state index contributed by atoms with van der Waals surface area (Å²) < 4.78 is 0. The third-order valence-electron chi connectivity index (χ3n) is 3.02. The van der Waals surface area contributed by atoms with Crippen LogP contribution in [0.15, 0.2) is 24.3 Å². The maximum atomic E-state index is 11.9. The average molecular weight is 314 g/mol. The second-order valence-corrected chi connectivity index (χ2v) is 5.23. The molecule has 5 nitrogen and oxygen atoms in total. The molecule has 0 radical (unpaired) electrons. The number of hydrogen-bond acceptors (Lipinski definition) is 3. The SMILES string of the molecule is CCCC(C)(N)C(=O)NCc1ccc(NC(C)=O)cc1.Cl. The van der Waals surface area contributed by atoms with Crippen LogP contribution in [0.1, 0.15) is 39.2 Å². The van der Waals surface area contributed by atoms with Crippen LogP contribution in [0.25, 0.3) is 0 Å². The van der Waals surface area contributed by atoms with Gasteiger partial charge in [-0.05, 0) is 31.0 Å². The minimum atomic E-state index is -0.828. The molecular formula is C15H24ClN3O2. The van der Waals surface area contributed by atoms with E-state index in [1.54, 1.807) is 19.1 Å². The normalized spacial score (nSPS) is 12.8. The van der Waals surface area contributed by atoms with E-state index < -0.39 is 5.54 Å². The van der Waals surface area contributed by atoms with Crippen molar-refractivity contribution in [1.82, 2.24) is 5.32 Å². The Morgan fingerprint density at radius 2 is 1.81 bits per heavy atom. The van der Waals surface area contributed by atoms with Crippen molar-refractivity contribution in [2.45, 2.75) is 45.7 Å². The van der Waals surface area contributed by atoms with Crippen molar-refractivity contribution in [3.8, 4) is 0 Å². The summed E-state index contributed by atoms with van der Waals surface area (Å²) in [5.41, 5.74) is 6.82. The lowest BCUT2D eigenvalue weighted by molar-refractivity contribution is -0.126. The molecule has 0 saturated carbocycles. The summed E-state index contributed by atoms with van der Waals surface area (Å²) >= 11 is 0. The summed E-state index contributed by atoms with van der Waals surface area (Å²) in [4.78, 5) is 22.9. The summed E-state index contributed by atoms with van der Waals surface area (Å²) in [6.07, 6.45) is 1.52. The summed E-state index contributed by atoms with van der Waals surface area (Å²) in [7, 11) is 0. The topological polar surface area (TPSA) is 84.2 Å². The third-order valence-corrected chi connectivity index (χ3v) is 3.02. The molecular weight excluding hydrogens is 290 g/mol. The molecule has 118 valence electrons. The highest BCUT2D eigenvalue weighted by Gasteiger charge is 2.26. The van der Waals surface area contributed by atoms with Gasteiger partial charge in [-0.25, -0.2) is 0 Å². The van der Waals surface area contributed by atoms with Crippen LogP contribution in [0.3, 0.4) is 0 Å². The highest BCUT2D eigenvalue weighted by Crippen LogP contribution is 2.11. The van der Waals surface area contributed by atoms with Crippen LogP contribution in [-0.4, -0.2) is 17.4 Å². The van der Waals surface area contributed by atoms with Gasteiger partial charge in [-0.1, -0.05) is 25.5 Å². The van der Waals surface area contributed by atoms with Crippen LogP contribution in [-0.2, 0) is 16.1 Å². The van der Waals surface area contributed by atoms with Gasteiger partial charge in [0.05, 0.1) is 5.54 Å². The Morgan fingerprint density at radius 1 is 1.24 bits per heavy atom. The zero-order chi connectivity index (χ0) is 15.2. The fraction of sp³-hybridized carbons (Fsp3) is 0.467. The molecule has 1 aromatic carbocycles. The number of anilines is 1. The van der Waals surface area contributed by atoms with E-state index in [1.807, 2.05) is 19.1 Å². The van der Waals surface area contributed by atoms with Crippen molar-refractivity contribution in [3.05, 3.63) is 29.8 Å². The summed E-state index contributed by atoms with van der Waals surface area (Å²) in [5, 5.41) is 5.52. The van der Waals surface area contributed by atoms with E-state index in [0.29, 0.717) is 13.0 Å². The minimum Gasteiger partial charge on any atom is -0.350 e. The van der Waals surface area contributed by atoms with E-state index in [-0.39, 0.29) is 24.2 Å². The molecule has 0 bridgehead atoms. The third kappa shape index (κ3) is 6.60. The number of carbonyl (C=O) groups excluding carboxylic acids is 2. The first kappa shape index (κ1) is 19.4. The van der Waals surface area contributed by atoms with Crippen molar-refractivity contribution < 1.29 is 9.59 Å². The monoisotopic (exact) mass is 313 g/mol. The standard InChI is InChI=1S/C15H23N3O2.ClH/c1-4-9-15(3,16)14(20)17-10-12-5-7-13(8-6-12)18-11(2)19;/h5-8H,4,9-10,16H2,1-3H3,(H,17,20)(H,18,19);1H. The molecule has 0 aliphatic carbocycles. The molecule has 1 aromatic rings. The fourth-order valence-electron chi connectivity index (χ4n) is 1.93. The molecule has 2 amide bonds. The number of rotatable bonds is 6. The predicted molar refractivity (Wildman–Crippen MR) is 87.3 cm³/mol. The van der Waals surface area contributed by atoms with Crippen LogP contribution in [0.2, 0.25) is 0 Å². The van der Waals surface area contributed by atoms with Gasteiger partial charge in [-0.2, -0.15) is 0 Å². The van der Waals surface area contributed by atoms with Gasteiger partial charge in [-0.3, -0.25) is 9.59 Å². The first-order valence-electron chi connectivity index (χ1n) is 6.79. The highest BCUT2D eigenvalue weighted by molar-refractivity contribution is 5.88. The van der Waals surface area contributed by atoms with E-state index in [2.05, 4.69) is 10.6 Å². The Morgan fingerprint density at radius 3 is 2.29 bits per heavy atom. The Kier molecular flexibility index (Phi) is 7.99. The van der Waals surface area contributed by atoms with Crippen LogP contribution in [0.4, 0.5) is 5.69 Å². The lowest BCUT2D eigenvalue weighted by Crippen LogP contribution is -2.51. The summed E-state index contributed by atoms with van der Waals surface area (Å²) in [6.45, 7) is 5.63. The van der Waals surface area contributed by atoms with E-state index in [4.69, 9.17) is 5.73 Å². The van der Waals surface area contributed by atoms with Crippen molar-refractivity contribution in [2.24, 2.45) is 5.73 Å². The molecule has 0 aliphatic heterocycles. The van der Waals surface area contributed by atoms with Crippen LogP contribution in [0.5, 0.6) is 0 Å². The first-order valence-corrected chi connectivity index (χ1v) is 6.79. The van der Waals surface area contributed by atoms with Gasteiger partial charge in [0, 0.05) is 19.2 Å². The molecule has 1 atom stereocenters. The van der Waals surface area contributed by atoms with Crippen LogP contribution >= 0.6 is 12.4 Å². The Labute approximate surface area is 132 Å². The smallest absolute Gasteiger partial charge is 0.240 e. The molecule has 6 heteroatoms. The van der Waals surface area contributed by atoms with Crippen molar-refractivity contribution in [1.29, 1.82) is 0 Å². The molecule has 1 unspecified atom stereocenters. The van der Waals surface area contributed by atoms with E-state index in [1.165, 1.54) is 6.92 Å². The number of carbonyl (C=O) groups is 2. The van der Waals surface area contributed by atoms with Gasteiger partial charge >= 0.3 is 0 Å². The zero-order valence-corrected chi connectivity index (χ0v) is 13.5. The summed E-state index contributed by atoms with van der Waals surface area (Å²) in [5.74, 6) is -0.255. The molecule has 0 spiro atoms. The molecule has 21 heavy (non-hydrogen) atoms. The van der Waals surface area contributed by atoms with E-state index >= 15 is 0 Å². The number of hydrogen-bond donors (Lipinski definition) is 3. The van der Waals surface area contributed by atoms with Gasteiger partial charge in [0.15, 0.2) is 0 Å². The number of halogens is 1. The second-order valence-electron chi connectivity index (χ2n) is 5.23. The van der Waals surface area contributed by atoms with Gasteiger partial charge in [0.25, 0.3) is 0 Å². The molecule has 1 rings (SSSR count). The Hall–Kier alpha value is -1.59. The highest BCUT2D eigenvalue weighted by atomic mass is 35.5. The first-order chi connectivity index (χ1) is 9.35. The van der Waals surface area contributed by atoms with Crippen molar-refractivity contribution in [3.63, 3.8) is 0 Å². The molecule has 0 saturated heterocycles. The molecule has 0 aromatic heterocycles. The maximum absolute atomic E-state index is 11.9. The second kappa shape index (κ2) is 8.64. The minimum absolute atomic E-state index is 0. The predicted octanol–water partition coefficient (Wildman–Crippen LogP) is 2.20. The zero-order valence-electron chi connectivity index (χ0n) is 12.7. The van der Waals surface area contributed by atoms with Gasteiger partial charge < -0.3 is 16.4 Å². The van der Waals surface area contributed by atoms with E-state index in [0.717, 1.165) is 17.7 Å². The number of amides is 2. The van der Waals surface area contributed by atoms with E-state index in [9.17, 15) is 9.59 Å². The lowest BCUT2D eigenvalue weighted by Gasteiger charge is -2.22. The van der Waals surface area contributed by atoms with Gasteiger partial charge in [0.2, 0.25) is 11.8 Å². The Bertz CT molecular complexity index is 472. The fourth-order valence-corrected chi connectivity index (χ4v) is 1.93. The Balaban J connectivity index is 0.00000400. The summed E-state index contributed by atoms with van der Waals surface area (Å²) in [6, 6.07) is 7.33. The van der Waals surface area contributed by atoms with Crippen LogP contribution in [0, 0.1) is 0 Å². The van der Waals surface area contributed by atoms with Gasteiger partial charge in [0.1, 0.15) is 0 Å². The molecule has 4 N–H and O–H groups in total. The van der Waals surface area contributed by atoms with Crippen LogP contribution < -0.4 is 16.4 Å². The lowest BCUT2D eigenvalue weighted by atomic mass is 9.96. The number of nitrogens with one attached hydrogen (secondary N) is 2. The number of benzene rings is 1. The molecule has 0 heterocycles. The van der Waals surface area contributed by atoms with Crippen molar-refractivity contribution in [2.75, 3.05) is 5.32 Å². The average Bonchev–Trinajstić information content (AvgIpc) is 2.36.